The molecule has 138 valence electrons. The molecule has 1 heterocycles. The number of hydrogen-bond acceptors (Lipinski definition) is 8. The molecule has 1 N–H and O–H groups in total. The zero-order valence-corrected chi connectivity index (χ0v) is 15.1. The fourth-order valence-corrected chi connectivity index (χ4v) is 2.49. The first kappa shape index (κ1) is 19.5. The third-order valence-corrected chi connectivity index (χ3v) is 4.03. The second-order valence-corrected chi connectivity index (χ2v) is 6.16. The van der Waals surface area contributed by atoms with Gasteiger partial charge in [0.25, 0.3) is 0 Å². The lowest BCUT2D eigenvalue weighted by Crippen LogP contribution is -2.18. The van der Waals surface area contributed by atoms with E-state index in [0.29, 0.717) is 22.9 Å². The van der Waals surface area contributed by atoms with Crippen molar-refractivity contribution in [1.29, 1.82) is 0 Å². The molecule has 0 aliphatic heterocycles. The minimum atomic E-state index is -0.568. The van der Waals surface area contributed by atoms with Crippen LogP contribution in [0.4, 0.5) is 5.82 Å². The Morgan fingerprint density at radius 3 is 2.54 bits per heavy atom. The zero-order chi connectivity index (χ0) is 18.9. The van der Waals surface area contributed by atoms with Gasteiger partial charge >= 0.3 is 5.97 Å². The summed E-state index contributed by atoms with van der Waals surface area (Å²) in [6.45, 7) is 1.36. The number of esters is 1. The number of thioether (sulfide) groups is 1. The number of aryl methyl sites for hydroxylation is 1. The van der Waals surface area contributed by atoms with Gasteiger partial charge in [-0.05, 0) is 31.2 Å². The van der Waals surface area contributed by atoms with Crippen molar-refractivity contribution in [3.05, 3.63) is 41.7 Å². The lowest BCUT2D eigenvalue weighted by molar-refractivity contribution is -0.139. The van der Waals surface area contributed by atoms with E-state index in [1.807, 2.05) is 0 Å². The monoisotopic (exact) mass is 378 g/mol. The molecule has 1 aromatic carbocycles. The first-order valence-corrected chi connectivity index (χ1v) is 8.77. The van der Waals surface area contributed by atoms with Gasteiger partial charge in [-0.3, -0.25) is 14.4 Å². The number of nitrogens with one attached hydrogen (secondary N) is 1. The lowest BCUT2D eigenvalue weighted by atomic mass is 10.1. The van der Waals surface area contributed by atoms with Crippen LogP contribution < -0.4 is 10.1 Å². The van der Waals surface area contributed by atoms with E-state index in [4.69, 9.17) is 14.0 Å². The summed E-state index contributed by atoms with van der Waals surface area (Å²) in [5, 5.41) is 6.17. The van der Waals surface area contributed by atoms with Crippen LogP contribution in [0.15, 0.2) is 34.9 Å². The molecule has 0 radical (unpaired) electrons. The maximum atomic E-state index is 11.9. The van der Waals surface area contributed by atoms with Crippen molar-refractivity contribution in [3.63, 3.8) is 0 Å². The topological polar surface area (TPSA) is 108 Å². The van der Waals surface area contributed by atoms with Crippen LogP contribution in [0, 0.1) is 6.92 Å². The molecule has 0 aliphatic rings. The molecule has 0 bridgehead atoms. The van der Waals surface area contributed by atoms with Gasteiger partial charge in [0.15, 0.2) is 18.2 Å². The van der Waals surface area contributed by atoms with Gasteiger partial charge in [0.2, 0.25) is 5.91 Å². The number of aromatic nitrogens is 1. The van der Waals surface area contributed by atoms with Crippen LogP contribution in [0.3, 0.4) is 0 Å². The summed E-state index contributed by atoms with van der Waals surface area (Å²) in [4.78, 5) is 35.3. The summed E-state index contributed by atoms with van der Waals surface area (Å²) >= 11 is 1.08. The van der Waals surface area contributed by atoms with E-state index in [2.05, 4.69) is 10.5 Å². The van der Waals surface area contributed by atoms with E-state index < -0.39 is 5.97 Å². The summed E-state index contributed by atoms with van der Waals surface area (Å²) < 4.78 is 14.8. The SMILES string of the molecule is COc1ccc(C(=O)COC(=O)CSCC(=O)Nc2cc(C)on2)cc1. The Morgan fingerprint density at radius 1 is 1.19 bits per heavy atom. The van der Waals surface area contributed by atoms with Gasteiger partial charge in [-0.15, -0.1) is 11.8 Å². The Balaban J connectivity index is 1.65. The number of carbonyl (C=O) groups excluding carboxylic acids is 3. The Hall–Kier alpha value is -2.81. The van der Waals surface area contributed by atoms with Crippen LogP contribution in [0.1, 0.15) is 16.1 Å². The molecule has 26 heavy (non-hydrogen) atoms. The predicted octanol–water partition coefficient (Wildman–Crippen LogP) is 2.09. The molecule has 0 spiro atoms. The van der Waals surface area contributed by atoms with Crippen LogP contribution in [-0.2, 0) is 14.3 Å². The van der Waals surface area contributed by atoms with Gasteiger partial charge in [0.05, 0.1) is 18.6 Å². The van der Waals surface area contributed by atoms with Gasteiger partial charge in [-0.1, -0.05) is 5.16 Å². The van der Waals surface area contributed by atoms with E-state index in [1.54, 1.807) is 37.3 Å². The normalized spacial score (nSPS) is 10.2. The number of nitrogens with zero attached hydrogens (tertiary/aromatic N) is 1. The average molecular weight is 378 g/mol. The highest BCUT2D eigenvalue weighted by Gasteiger charge is 2.12. The zero-order valence-electron chi connectivity index (χ0n) is 14.3. The van der Waals surface area contributed by atoms with Crippen LogP contribution >= 0.6 is 11.8 Å². The molecule has 0 unspecified atom stereocenters. The average Bonchev–Trinajstić information content (AvgIpc) is 3.04. The number of Topliss-reactive ketones (excluding diaryl/α,β-unsaturated/α-hetero) is 1. The van der Waals surface area contributed by atoms with Crippen molar-refractivity contribution in [2.24, 2.45) is 0 Å². The minimum absolute atomic E-state index is 0.0405. The van der Waals surface area contributed by atoms with Crippen LogP contribution in [0.5, 0.6) is 5.75 Å². The first-order valence-electron chi connectivity index (χ1n) is 7.61. The predicted molar refractivity (Wildman–Crippen MR) is 95.5 cm³/mol. The van der Waals surface area contributed by atoms with Gasteiger partial charge in [-0.25, -0.2) is 0 Å². The van der Waals surface area contributed by atoms with E-state index >= 15 is 0 Å². The van der Waals surface area contributed by atoms with Crippen molar-refractivity contribution in [2.45, 2.75) is 6.92 Å². The van der Waals surface area contributed by atoms with Gasteiger partial charge in [0, 0.05) is 11.6 Å². The number of methoxy groups -OCH3 is 1. The van der Waals surface area contributed by atoms with Crippen LogP contribution in [0.2, 0.25) is 0 Å². The molecule has 0 atom stereocenters. The third-order valence-electron chi connectivity index (χ3n) is 3.12. The molecule has 0 aliphatic carbocycles. The van der Waals surface area contributed by atoms with Gasteiger partial charge in [0.1, 0.15) is 11.5 Å². The maximum absolute atomic E-state index is 11.9. The number of carbonyl (C=O) groups is 3. The molecule has 9 heteroatoms. The number of ketones is 1. The van der Waals surface area contributed by atoms with E-state index in [9.17, 15) is 14.4 Å². The van der Waals surface area contributed by atoms with Gasteiger partial charge < -0.3 is 19.3 Å². The molecule has 0 saturated heterocycles. The molecule has 0 fully saturated rings. The maximum Gasteiger partial charge on any atom is 0.316 e. The summed E-state index contributed by atoms with van der Waals surface area (Å²) in [7, 11) is 1.53. The highest BCUT2D eigenvalue weighted by atomic mass is 32.2. The molecule has 2 rings (SSSR count). The summed E-state index contributed by atoms with van der Waals surface area (Å²) in [5.41, 5.74) is 0.425. The van der Waals surface area contributed by atoms with Crippen molar-refractivity contribution in [3.8, 4) is 5.75 Å². The number of benzene rings is 1. The van der Waals surface area contributed by atoms with Crippen LogP contribution in [0.25, 0.3) is 0 Å². The summed E-state index contributed by atoms with van der Waals surface area (Å²) in [6.07, 6.45) is 0. The number of amides is 1. The molecule has 1 aromatic heterocycles. The Labute approximate surface area is 154 Å². The Morgan fingerprint density at radius 2 is 1.92 bits per heavy atom. The summed E-state index contributed by atoms with van der Waals surface area (Å²) in [6, 6.07) is 8.08. The fraction of sp³-hybridized carbons (Fsp3) is 0.294. The van der Waals surface area contributed by atoms with Gasteiger partial charge in [-0.2, -0.15) is 0 Å². The third kappa shape index (κ3) is 6.25. The summed E-state index contributed by atoms with van der Waals surface area (Å²) in [5.74, 6) is 0.347. The fourth-order valence-electron chi connectivity index (χ4n) is 1.88. The Kier molecular flexibility index (Phi) is 7.22. The van der Waals surface area contributed by atoms with Crippen molar-refractivity contribution < 1.29 is 28.4 Å². The minimum Gasteiger partial charge on any atom is -0.497 e. The Bertz CT molecular complexity index is 772. The van der Waals surface area contributed by atoms with Crippen molar-refractivity contribution in [1.82, 2.24) is 5.16 Å². The second kappa shape index (κ2) is 9.62. The molecule has 2 aromatic rings. The standard InChI is InChI=1S/C17H18N2O6S/c1-11-7-15(19-25-11)18-16(21)9-26-10-17(22)24-8-14(20)12-3-5-13(23-2)6-4-12/h3-7H,8-10H2,1-2H3,(H,18,19,21). The second-order valence-electron chi connectivity index (χ2n) is 5.18. The highest BCUT2D eigenvalue weighted by molar-refractivity contribution is 8.00. The van der Waals surface area contributed by atoms with E-state index in [1.165, 1.54) is 7.11 Å². The number of rotatable bonds is 9. The van der Waals surface area contributed by atoms with E-state index in [-0.39, 0.29) is 29.8 Å². The molecular formula is C17H18N2O6S. The largest absolute Gasteiger partial charge is 0.497 e. The van der Waals surface area contributed by atoms with Crippen LogP contribution in [-0.4, -0.2) is 48.0 Å². The number of ether oxygens (including phenoxy) is 2. The first-order chi connectivity index (χ1) is 12.5. The molecule has 8 nitrogen and oxygen atoms in total. The number of hydrogen-bond donors (Lipinski definition) is 1. The molecule has 0 saturated carbocycles. The van der Waals surface area contributed by atoms with Crippen molar-refractivity contribution in [2.75, 3.05) is 30.5 Å². The highest BCUT2D eigenvalue weighted by Crippen LogP contribution is 2.12. The lowest BCUT2D eigenvalue weighted by Gasteiger charge is -2.05. The molecular weight excluding hydrogens is 360 g/mol. The van der Waals surface area contributed by atoms with Crippen molar-refractivity contribution >= 4 is 35.2 Å². The smallest absolute Gasteiger partial charge is 0.316 e. The quantitative estimate of drug-likeness (QED) is 0.522. The van der Waals surface area contributed by atoms with E-state index in [0.717, 1.165) is 11.8 Å². The molecule has 1 amide bonds. The number of anilines is 1.